The molecule has 1 N–H and O–H groups in total. The third kappa shape index (κ3) is 3.87. The van der Waals surface area contributed by atoms with Crippen LogP contribution < -0.4 is 4.74 Å². The van der Waals surface area contributed by atoms with E-state index in [1.54, 1.807) is 6.92 Å². The Labute approximate surface area is 155 Å². The van der Waals surface area contributed by atoms with E-state index in [1.807, 2.05) is 13.8 Å². The number of carboxylic acid groups (broad SMARTS) is 1. The van der Waals surface area contributed by atoms with Gasteiger partial charge in [-0.05, 0) is 57.9 Å². The molecule has 0 radical (unpaired) electrons. The Kier molecular flexibility index (Phi) is 6.32. The van der Waals surface area contributed by atoms with Gasteiger partial charge in [-0.3, -0.25) is 4.79 Å². The summed E-state index contributed by atoms with van der Waals surface area (Å²) in [5.41, 5.74) is 0. The average Bonchev–Trinajstić information content (AvgIpc) is 2.62. The second-order valence-corrected chi connectivity index (χ2v) is 8.88. The maximum absolute atomic E-state index is 13.1. The van der Waals surface area contributed by atoms with Gasteiger partial charge in [0.05, 0.1) is 4.90 Å². The molecule has 1 aromatic rings. The summed E-state index contributed by atoms with van der Waals surface area (Å²) in [4.78, 5) is 14.1. The highest BCUT2D eigenvalue weighted by molar-refractivity contribution is 7.93. The number of hydrogen-bond acceptors (Lipinski definition) is 5. The molecule has 0 amide bonds. The van der Waals surface area contributed by atoms with Crippen molar-refractivity contribution in [3.63, 3.8) is 0 Å². The minimum absolute atomic E-state index is 0.00632. The van der Waals surface area contributed by atoms with Crippen molar-refractivity contribution in [1.29, 1.82) is 0 Å². The van der Waals surface area contributed by atoms with Crippen molar-refractivity contribution >= 4 is 15.8 Å². The molecular formula is C19H25NO5S. The molecule has 1 saturated heterocycles. The lowest BCUT2D eigenvalue weighted by Crippen LogP contribution is -2.55. The van der Waals surface area contributed by atoms with E-state index < -0.39 is 20.6 Å². The van der Waals surface area contributed by atoms with Crippen LogP contribution in [0.3, 0.4) is 0 Å². The molecule has 0 atom stereocenters. The molecule has 1 aliphatic heterocycles. The van der Waals surface area contributed by atoms with Gasteiger partial charge in [0.15, 0.2) is 14.6 Å². The highest BCUT2D eigenvalue weighted by atomic mass is 32.2. The van der Waals surface area contributed by atoms with Crippen LogP contribution in [0.5, 0.6) is 5.75 Å². The third-order valence-corrected chi connectivity index (χ3v) is 7.37. The summed E-state index contributed by atoms with van der Waals surface area (Å²) in [6.45, 7) is 6.84. The molecule has 0 bridgehead atoms. The summed E-state index contributed by atoms with van der Waals surface area (Å²) in [6, 6.07) is 6.13. The van der Waals surface area contributed by atoms with Crippen molar-refractivity contribution in [2.45, 2.75) is 49.3 Å². The highest BCUT2D eigenvalue weighted by Gasteiger charge is 2.53. The quantitative estimate of drug-likeness (QED) is 0.763. The molecule has 26 heavy (non-hydrogen) atoms. The highest BCUT2D eigenvalue weighted by Crippen LogP contribution is 2.36. The van der Waals surface area contributed by atoms with Gasteiger partial charge in [-0.2, -0.15) is 0 Å². The first-order chi connectivity index (χ1) is 12.2. The molecule has 7 heteroatoms. The Morgan fingerprint density at radius 1 is 1.27 bits per heavy atom. The molecule has 6 nitrogen and oxygen atoms in total. The number of likely N-dealkylation sites (tertiary alicyclic amines) is 1. The predicted molar refractivity (Wildman–Crippen MR) is 98.9 cm³/mol. The number of sulfone groups is 1. The van der Waals surface area contributed by atoms with Gasteiger partial charge in [0.25, 0.3) is 0 Å². The van der Waals surface area contributed by atoms with Gasteiger partial charge in [-0.15, -0.1) is 5.92 Å². The van der Waals surface area contributed by atoms with Crippen LogP contribution in [0.2, 0.25) is 0 Å². The fourth-order valence-electron chi connectivity index (χ4n) is 3.13. The van der Waals surface area contributed by atoms with Crippen molar-refractivity contribution < 1.29 is 23.1 Å². The second kappa shape index (κ2) is 8.11. The summed E-state index contributed by atoms with van der Waals surface area (Å²) in [5, 5.41) is 9.77. The van der Waals surface area contributed by atoms with Crippen LogP contribution in [0.4, 0.5) is 0 Å². The van der Waals surface area contributed by atoms with Gasteiger partial charge < -0.3 is 14.7 Å². The van der Waals surface area contributed by atoms with Crippen LogP contribution in [0, 0.1) is 11.8 Å². The van der Waals surface area contributed by atoms with E-state index in [2.05, 4.69) is 16.7 Å². The largest absolute Gasteiger partial charge is 0.481 e. The normalized spacial score (nSPS) is 17.4. The van der Waals surface area contributed by atoms with Crippen molar-refractivity contribution in [2.24, 2.45) is 0 Å². The Morgan fingerprint density at radius 2 is 1.85 bits per heavy atom. The minimum atomic E-state index is -4.02. The lowest BCUT2D eigenvalue weighted by Gasteiger charge is -2.39. The lowest BCUT2D eigenvalue weighted by molar-refractivity contribution is -0.141. The molecule has 142 valence electrons. The summed E-state index contributed by atoms with van der Waals surface area (Å²) in [6.07, 6.45) is 0.153. The van der Waals surface area contributed by atoms with Crippen LogP contribution in [-0.2, 0) is 14.6 Å². The van der Waals surface area contributed by atoms with Crippen LogP contribution in [0.1, 0.15) is 33.6 Å². The molecule has 0 aliphatic carbocycles. The second-order valence-electron chi connectivity index (χ2n) is 6.62. The van der Waals surface area contributed by atoms with E-state index in [9.17, 15) is 18.3 Å². The van der Waals surface area contributed by atoms with Crippen LogP contribution in [-0.4, -0.2) is 54.9 Å². The van der Waals surface area contributed by atoms with Crippen LogP contribution in [0.15, 0.2) is 29.2 Å². The number of rotatable bonds is 6. The third-order valence-electron chi connectivity index (χ3n) is 4.86. The number of benzene rings is 1. The molecule has 0 aromatic heterocycles. The van der Waals surface area contributed by atoms with E-state index in [4.69, 9.17) is 4.74 Å². The first-order valence-corrected chi connectivity index (χ1v) is 10.1. The zero-order valence-electron chi connectivity index (χ0n) is 15.4. The Balaban J connectivity index is 2.28. The number of carboxylic acids is 1. The molecular weight excluding hydrogens is 354 g/mol. The SMILES string of the molecule is CC#CCOc1ccc(S(=O)(=O)C2(C(=O)O)CCN(C(C)C)CC2)cc1. The van der Waals surface area contributed by atoms with E-state index in [0.29, 0.717) is 18.8 Å². The van der Waals surface area contributed by atoms with Gasteiger partial charge >= 0.3 is 5.97 Å². The Bertz CT molecular complexity index is 795. The number of piperidine rings is 1. The monoisotopic (exact) mass is 379 g/mol. The number of aliphatic carboxylic acids is 1. The van der Waals surface area contributed by atoms with Crippen molar-refractivity contribution in [3.8, 4) is 17.6 Å². The zero-order valence-corrected chi connectivity index (χ0v) is 16.2. The van der Waals surface area contributed by atoms with Gasteiger partial charge in [-0.1, -0.05) is 5.92 Å². The Hall–Kier alpha value is -2.04. The maximum atomic E-state index is 13.1. The molecule has 0 spiro atoms. The minimum Gasteiger partial charge on any atom is -0.481 e. The van der Waals surface area contributed by atoms with E-state index in [0.717, 1.165) is 0 Å². The van der Waals surface area contributed by atoms with E-state index in [1.165, 1.54) is 24.3 Å². The smallest absolute Gasteiger partial charge is 0.325 e. The summed E-state index contributed by atoms with van der Waals surface area (Å²) in [5.74, 6) is 4.67. The molecule has 0 unspecified atom stereocenters. The van der Waals surface area contributed by atoms with Gasteiger partial charge in [0, 0.05) is 19.1 Å². The summed E-state index contributed by atoms with van der Waals surface area (Å²) >= 11 is 0. The first-order valence-electron chi connectivity index (χ1n) is 8.59. The van der Waals surface area contributed by atoms with Crippen LogP contribution >= 0.6 is 0 Å². The molecule has 1 heterocycles. The average molecular weight is 379 g/mol. The van der Waals surface area contributed by atoms with Gasteiger partial charge in [0.1, 0.15) is 12.4 Å². The fraction of sp³-hybridized carbons (Fsp3) is 0.526. The number of carbonyl (C=O) groups is 1. The first kappa shape index (κ1) is 20.3. The number of nitrogens with zero attached hydrogens (tertiary/aromatic N) is 1. The van der Waals surface area contributed by atoms with E-state index in [-0.39, 0.29) is 30.4 Å². The fourth-order valence-corrected chi connectivity index (χ4v) is 5.03. The maximum Gasteiger partial charge on any atom is 0.325 e. The standard InChI is InChI=1S/C19H25NO5S/c1-4-5-14-25-16-6-8-17(9-7-16)26(23,24)19(18(21)22)10-12-20(13-11-19)15(2)3/h6-9,15H,10-14H2,1-3H3,(H,21,22). The predicted octanol–water partition coefficient (Wildman–Crippen LogP) is 2.19. The van der Waals surface area contributed by atoms with Crippen molar-refractivity contribution in [2.75, 3.05) is 19.7 Å². The van der Waals surface area contributed by atoms with Crippen molar-refractivity contribution in [3.05, 3.63) is 24.3 Å². The number of ether oxygens (including phenoxy) is 1. The molecule has 1 aromatic carbocycles. The Morgan fingerprint density at radius 3 is 2.31 bits per heavy atom. The molecule has 2 rings (SSSR count). The van der Waals surface area contributed by atoms with Gasteiger partial charge in [0.2, 0.25) is 0 Å². The van der Waals surface area contributed by atoms with Crippen LogP contribution in [0.25, 0.3) is 0 Å². The van der Waals surface area contributed by atoms with Gasteiger partial charge in [-0.25, -0.2) is 8.42 Å². The number of hydrogen-bond donors (Lipinski definition) is 1. The summed E-state index contributed by atoms with van der Waals surface area (Å²) < 4.78 is 29.9. The van der Waals surface area contributed by atoms with Crippen molar-refractivity contribution in [1.82, 2.24) is 4.90 Å². The van der Waals surface area contributed by atoms with E-state index >= 15 is 0 Å². The lowest BCUT2D eigenvalue weighted by atomic mass is 9.95. The molecule has 0 saturated carbocycles. The summed E-state index contributed by atoms with van der Waals surface area (Å²) in [7, 11) is -4.02. The molecule has 1 fully saturated rings. The zero-order chi connectivity index (χ0) is 19.4. The molecule has 1 aliphatic rings. The topological polar surface area (TPSA) is 83.9 Å².